The van der Waals surface area contributed by atoms with Gasteiger partial charge >= 0.3 is 0 Å². The summed E-state index contributed by atoms with van der Waals surface area (Å²) in [5, 5.41) is 14.9. The molecule has 1 aromatic heterocycles. The molecular weight excluding hydrogens is 230 g/mol. The Morgan fingerprint density at radius 3 is 3.00 bits per heavy atom. The largest absolute Gasteiger partial charge is 0.309 e. The van der Waals surface area contributed by atoms with E-state index in [9.17, 15) is 0 Å². The molecule has 5 nitrogen and oxygen atoms in total. The predicted octanol–water partition coefficient (Wildman–Crippen LogP) is 0.594. The predicted molar refractivity (Wildman–Crippen MR) is 64.3 cm³/mol. The molecule has 0 spiro atoms. The van der Waals surface area contributed by atoms with Crippen LogP contribution in [0.2, 0.25) is 0 Å². The minimum Gasteiger partial charge on any atom is -0.309 e. The Kier molecular flexibility index (Phi) is 5.74. The zero-order valence-corrected chi connectivity index (χ0v) is 10.5. The molecule has 0 aliphatic carbocycles. The second kappa shape index (κ2) is 6.86. The van der Waals surface area contributed by atoms with Crippen molar-refractivity contribution in [2.75, 3.05) is 26.4 Å². The van der Waals surface area contributed by atoms with Crippen molar-refractivity contribution in [3.8, 4) is 0 Å². The van der Waals surface area contributed by atoms with Crippen molar-refractivity contribution in [3.05, 3.63) is 0 Å². The highest BCUT2D eigenvalue weighted by atomic mass is 32.2. The van der Waals surface area contributed by atoms with Crippen molar-refractivity contribution in [2.45, 2.75) is 18.1 Å². The minimum atomic E-state index is 0.642. The smallest absolute Gasteiger partial charge is 0.209 e. The van der Waals surface area contributed by atoms with Crippen molar-refractivity contribution in [2.24, 2.45) is 0 Å². The summed E-state index contributed by atoms with van der Waals surface area (Å²) in [5.41, 5.74) is 0. The molecule has 0 unspecified atom stereocenters. The molecule has 0 aromatic carbocycles. The first-order valence-electron chi connectivity index (χ1n) is 4.62. The van der Waals surface area contributed by atoms with E-state index in [2.05, 4.69) is 52.1 Å². The number of nitrogens with zero attached hydrogens (tertiary/aromatic N) is 5. The quantitative estimate of drug-likeness (QED) is 0.517. The monoisotopic (exact) mass is 244 g/mol. The van der Waals surface area contributed by atoms with E-state index < -0.39 is 0 Å². The maximum absolute atomic E-state index is 4.63. The average molecular weight is 244 g/mol. The zero-order valence-electron chi connectivity index (χ0n) is 8.88. The number of tetrazole rings is 1. The fourth-order valence-electron chi connectivity index (χ4n) is 1.07. The van der Waals surface area contributed by atoms with E-state index in [1.807, 2.05) is 0 Å². The Morgan fingerprint density at radius 2 is 2.33 bits per heavy atom. The van der Waals surface area contributed by atoms with Gasteiger partial charge in [0.2, 0.25) is 5.16 Å². The van der Waals surface area contributed by atoms with Gasteiger partial charge in [-0.15, -0.1) is 5.10 Å². The van der Waals surface area contributed by atoms with Gasteiger partial charge in [0.05, 0.1) is 0 Å². The Hall–Kier alpha value is -0.530. The number of thioether (sulfide) groups is 1. The second-order valence-electron chi connectivity index (χ2n) is 3.27. The Balaban J connectivity index is 2.39. The molecule has 0 aliphatic heterocycles. The first-order chi connectivity index (χ1) is 7.24. The van der Waals surface area contributed by atoms with Crippen LogP contribution in [0.15, 0.2) is 5.16 Å². The molecule has 1 aromatic rings. The Bertz CT molecular complexity index is 299. The van der Waals surface area contributed by atoms with Crippen molar-refractivity contribution in [3.63, 3.8) is 0 Å². The van der Waals surface area contributed by atoms with E-state index >= 15 is 0 Å². The van der Waals surface area contributed by atoms with Crippen LogP contribution in [-0.4, -0.2) is 56.9 Å². The third-order valence-electron chi connectivity index (χ3n) is 1.73. The van der Waals surface area contributed by atoms with E-state index in [0.717, 1.165) is 24.7 Å². The fourth-order valence-corrected chi connectivity index (χ4v) is 1.81. The standard InChI is InChI=1S/C8H14N5S2/c1-12(2)4-3-5-13-8(9-10-11-13)15-7-6-14/h3-5,7H2,1-2H3. The molecule has 15 heavy (non-hydrogen) atoms. The molecule has 7 heteroatoms. The van der Waals surface area contributed by atoms with Gasteiger partial charge in [-0.05, 0) is 37.5 Å². The molecule has 1 heterocycles. The van der Waals surface area contributed by atoms with Crippen LogP contribution in [0.3, 0.4) is 0 Å². The van der Waals surface area contributed by atoms with E-state index in [-0.39, 0.29) is 0 Å². The van der Waals surface area contributed by atoms with Crippen molar-refractivity contribution < 1.29 is 0 Å². The van der Waals surface area contributed by atoms with Gasteiger partial charge in [-0.3, -0.25) is 0 Å². The van der Waals surface area contributed by atoms with Gasteiger partial charge in [0.25, 0.3) is 0 Å². The van der Waals surface area contributed by atoms with Crippen molar-refractivity contribution in [1.29, 1.82) is 0 Å². The summed E-state index contributed by atoms with van der Waals surface area (Å²) in [6, 6.07) is 0. The van der Waals surface area contributed by atoms with Gasteiger partial charge in [0.15, 0.2) is 0 Å². The number of aryl methyl sites for hydroxylation is 1. The molecule has 1 radical (unpaired) electrons. The number of hydrogen-bond acceptors (Lipinski definition) is 6. The Labute approximate surface area is 99.2 Å². The number of aromatic nitrogens is 4. The molecule has 0 amide bonds. The number of thiocarbonyl (C=S) groups is 1. The van der Waals surface area contributed by atoms with Crippen molar-refractivity contribution >= 4 is 29.3 Å². The van der Waals surface area contributed by atoms with Gasteiger partial charge in [-0.2, -0.15) is 0 Å². The van der Waals surface area contributed by atoms with Gasteiger partial charge in [0.1, 0.15) is 0 Å². The topological polar surface area (TPSA) is 46.8 Å². The molecule has 0 saturated heterocycles. The highest BCUT2D eigenvalue weighted by Crippen LogP contribution is 2.12. The summed E-state index contributed by atoms with van der Waals surface area (Å²) < 4.78 is 1.81. The molecule has 0 fully saturated rings. The van der Waals surface area contributed by atoms with Gasteiger partial charge < -0.3 is 4.90 Å². The maximum Gasteiger partial charge on any atom is 0.209 e. The molecule has 0 saturated carbocycles. The maximum atomic E-state index is 4.63. The van der Waals surface area contributed by atoms with Gasteiger partial charge in [-0.1, -0.05) is 24.0 Å². The molecule has 1 rings (SSSR count). The lowest BCUT2D eigenvalue weighted by Gasteiger charge is -2.08. The highest BCUT2D eigenvalue weighted by Gasteiger charge is 2.05. The summed E-state index contributed by atoms with van der Waals surface area (Å²) in [5.74, 6) is 0.642. The third kappa shape index (κ3) is 4.67. The molecular formula is C8H14N5S2. The summed E-state index contributed by atoms with van der Waals surface area (Å²) >= 11 is 6.15. The van der Waals surface area contributed by atoms with E-state index in [1.165, 1.54) is 11.8 Å². The van der Waals surface area contributed by atoms with Crippen LogP contribution in [0.25, 0.3) is 0 Å². The van der Waals surface area contributed by atoms with Crippen LogP contribution in [0.1, 0.15) is 6.42 Å². The average Bonchev–Trinajstić information content (AvgIpc) is 2.62. The van der Waals surface area contributed by atoms with Gasteiger partial charge in [-0.25, -0.2) is 4.68 Å². The molecule has 0 bridgehead atoms. The van der Waals surface area contributed by atoms with E-state index in [0.29, 0.717) is 5.75 Å². The lowest BCUT2D eigenvalue weighted by Crippen LogP contribution is -2.15. The summed E-state index contributed by atoms with van der Waals surface area (Å²) in [4.78, 5) is 2.14. The summed E-state index contributed by atoms with van der Waals surface area (Å²) in [6.07, 6.45) is 1.03. The molecule has 0 atom stereocenters. The zero-order chi connectivity index (χ0) is 11.1. The van der Waals surface area contributed by atoms with E-state index in [1.54, 1.807) is 4.68 Å². The molecule has 83 valence electrons. The number of hydrogen-bond donors (Lipinski definition) is 0. The number of rotatable bonds is 7. The summed E-state index contributed by atoms with van der Waals surface area (Å²) in [7, 11) is 4.10. The van der Waals surface area contributed by atoms with Crippen LogP contribution in [-0.2, 0) is 6.54 Å². The van der Waals surface area contributed by atoms with Crippen LogP contribution < -0.4 is 0 Å². The third-order valence-corrected chi connectivity index (χ3v) is 2.90. The second-order valence-corrected chi connectivity index (χ2v) is 4.51. The lowest BCUT2D eigenvalue weighted by atomic mass is 10.4. The van der Waals surface area contributed by atoms with Crippen LogP contribution in [0, 0.1) is 0 Å². The van der Waals surface area contributed by atoms with Crippen LogP contribution >= 0.6 is 24.0 Å². The normalized spacial score (nSPS) is 10.9. The van der Waals surface area contributed by atoms with Crippen LogP contribution in [0.5, 0.6) is 0 Å². The fraction of sp³-hybridized carbons (Fsp3) is 0.750. The van der Waals surface area contributed by atoms with Crippen LogP contribution in [0.4, 0.5) is 0 Å². The first-order valence-corrected chi connectivity index (χ1v) is 6.02. The first kappa shape index (κ1) is 12.5. The molecule has 0 aliphatic rings. The lowest BCUT2D eigenvalue weighted by molar-refractivity contribution is 0.373. The molecule has 0 N–H and O–H groups in total. The van der Waals surface area contributed by atoms with Gasteiger partial charge in [0, 0.05) is 17.7 Å². The minimum absolute atomic E-state index is 0.642. The highest BCUT2D eigenvalue weighted by molar-refractivity contribution is 8.00. The van der Waals surface area contributed by atoms with E-state index in [4.69, 9.17) is 0 Å². The SMILES string of the molecule is CN(C)CCCn1nnnc1SC[C]=S. The van der Waals surface area contributed by atoms with Crippen molar-refractivity contribution in [1.82, 2.24) is 25.1 Å². The Morgan fingerprint density at radius 1 is 1.53 bits per heavy atom. The summed E-state index contributed by atoms with van der Waals surface area (Å²) in [6.45, 7) is 1.87.